The van der Waals surface area contributed by atoms with E-state index in [9.17, 15) is 5.11 Å². The first-order valence-corrected chi connectivity index (χ1v) is 4.90. The van der Waals surface area contributed by atoms with Crippen molar-refractivity contribution in [2.24, 2.45) is 0 Å². The Balaban J connectivity index is 2.80. The molecule has 0 aromatic heterocycles. The van der Waals surface area contributed by atoms with E-state index in [-0.39, 0.29) is 6.10 Å². The van der Waals surface area contributed by atoms with Crippen LogP contribution < -0.4 is 0 Å². The molecule has 1 rings (SSSR count). The third kappa shape index (κ3) is 2.82. The van der Waals surface area contributed by atoms with Crippen molar-refractivity contribution in [3.63, 3.8) is 0 Å². The highest BCUT2D eigenvalue weighted by Gasteiger charge is 2.08. The summed E-state index contributed by atoms with van der Waals surface area (Å²) >= 11 is 0. The molecule has 1 N–H and O–H groups in total. The molecule has 0 fully saturated rings. The van der Waals surface area contributed by atoms with Gasteiger partial charge in [0.1, 0.15) is 0 Å². The van der Waals surface area contributed by atoms with Crippen LogP contribution in [0.25, 0.3) is 0 Å². The average molecular weight is 193 g/mol. The van der Waals surface area contributed by atoms with Crippen LogP contribution in [0.1, 0.15) is 22.8 Å². The van der Waals surface area contributed by atoms with E-state index in [0.29, 0.717) is 6.54 Å². The van der Waals surface area contributed by atoms with Crippen molar-refractivity contribution in [2.75, 3.05) is 20.6 Å². The molecule has 0 amide bonds. The van der Waals surface area contributed by atoms with Crippen LogP contribution in [0.5, 0.6) is 0 Å². The molecule has 0 aliphatic rings. The number of nitrogens with zero attached hydrogens (tertiary/aromatic N) is 1. The van der Waals surface area contributed by atoms with E-state index in [1.54, 1.807) is 0 Å². The van der Waals surface area contributed by atoms with Gasteiger partial charge in [-0.3, -0.25) is 0 Å². The number of hydrogen-bond donors (Lipinski definition) is 1. The molecular weight excluding hydrogens is 174 g/mol. The van der Waals surface area contributed by atoms with Crippen LogP contribution in [0.3, 0.4) is 0 Å². The van der Waals surface area contributed by atoms with Crippen LogP contribution in [-0.4, -0.2) is 30.6 Å². The molecule has 2 heteroatoms. The lowest BCUT2D eigenvalue weighted by molar-refractivity contribution is 0.138. The Labute approximate surface area is 86.2 Å². The Bertz CT molecular complexity index is 307. The molecule has 0 bridgehead atoms. The maximum absolute atomic E-state index is 9.86. The predicted octanol–water partition coefficient (Wildman–Crippen LogP) is 1.90. The maximum Gasteiger partial charge on any atom is 0.0916 e. The molecule has 0 radical (unpaired) electrons. The zero-order valence-corrected chi connectivity index (χ0v) is 9.41. The molecule has 2 nitrogen and oxygen atoms in total. The van der Waals surface area contributed by atoms with Crippen molar-refractivity contribution in [1.82, 2.24) is 4.90 Å². The summed E-state index contributed by atoms with van der Waals surface area (Å²) in [6.45, 7) is 4.82. The molecule has 0 spiro atoms. The number of likely N-dealkylation sites (N-methyl/N-ethyl adjacent to an activating group) is 1. The van der Waals surface area contributed by atoms with Crippen molar-refractivity contribution in [2.45, 2.75) is 20.0 Å². The number of hydrogen-bond acceptors (Lipinski definition) is 2. The Morgan fingerprint density at radius 1 is 1.21 bits per heavy atom. The van der Waals surface area contributed by atoms with Gasteiger partial charge in [-0.05, 0) is 44.6 Å². The Kier molecular flexibility index (Phi) is 3.67. The van der Waals surface area contributed by atoms with E-state index >= 15 is 0 Å². The zero-order valence-electron chi connectivity index (χ0n) is 9.41. The highest BCUT2D eigenvalue weighted by Crippen LogP contribution is 2.17. The van der Waals surface area contributed by atoms with Crippen molar-refractivity contribution >= 4 is 0 Å². The standard InChI is InChI=1S/C12H19NO/c1-9-5-6-11(7-10(9)2)12(14)8-13(3)4/h5-7,12,14H,8H2,1-4H3. The minimum Gasteiger partial charge on any atom is -0.387 e. The third-order valence-corrected chi connectivity index (χ3v) is 2.45. The van der Waals surface area contributed by atoms with Gasteiger partial charge in [0, 0.05) is 6.54 Å². The molecule has 1 aromatic carbocycles. The molecule has 78 valence electrons. The SMILES string of the molecule is Cc1ccc(C(O)CN(C)C)cc1C. The predicted molar refractivity (Wildman–Crippen MR) is 59.4 cm³/mol. The fourth-order valence-corrected chi connectivity index (χ4v) is 1.42. The fraction of sp³-hybridized carbons (Fsp3) is 0.500. The molecule has 14 heavy (non-hydrogen) atoms. The van der Waals surface area contributed by atoms with Gasteiger partial charge in [0.05, 0.1) is 6.10 Å². The first kappa shape index (κ1) is 11.2. The number of benzene rings is 1. The lowest BCUT2D eigenvalue weighted by Gasteiger charge is -2.17. The molecule has 0 saturated carbocycles. The van der Waals surface area contributed by atoms with E-state index in [2.05, 4.69) is 26.0 Å². The van der Waals surface area contributed by atoms with Gasteiger partial charge in [-0.1, -0.05) is 18.2 Å². The van der Waals surface area contributed by atoms with E-state index in [1.807, 2.05) is 25.1 Å². The van der Waals surface area contributed by atoms with E-state index in [1.165, 1.54) is 11.1 Å². The van der Waals surface area contributed by atoms with Crippen LogP contribution in [0, 0.1) is 13.8 Å². The summed E-state index contributed by atoms with van der Waals surface area (Å²) in [6.07, 6.45) is -0.385. The van der Waals surface area contributed by atoms with Crippen molar-refractivity contribution in [3.05, 3.63) is 34.9 Å². The first-order chi connectivity index (χ1) is 6.50. The second-order valence-corrected chi connectivity index (χ2v) is 4.12. The first-order valence-electron chi connectivity index (χ1n) is 4.90. The summed E-state index contributed by atoms with van der Waals surface area (Å²) < 4.78 is 0. The normalized spacial score (nSPS) is 13.3. The van der Waals surface area contributed by atoms with E-state index in [0.717, 1.165) is 5.56 Å². The zero-order chi connectivity index (χ0) is 10.7. The van der Waals surface area contributed by atoms with Gasteiger partial charge >= 0.3 is 0 Å². The van der Waals surface area contributed by atoms with Gasteiger partial charge in [0.15, 0.2) is 0 Å². The maximum atomic E-state index is 9.86. The molecule has 0 aliphatic heterocycles. The van der Waals surface area contributed by atoms with Crippen LogP contribution in [0.4, 0.5) is 0 Å². The molecular formula is C12H19NO. The molecule has 0 aliphatic carbocycles. The van der Waals surface area contributed by atoms with Gasteiger partial charge in [0.25, 0.3) is 0 Å². The summed E-state index contributed by atoms with van der Waals surface area (Å²) in [5.74, 6) is 0. The van der Waals surface area contributed by atoms with Crippen LogP contribution in [0.2, 0.25) is 0 Å². The molecule has 1 unspecified atom stereocenters. The minimum absolute atomic E-state index is 0.385. The average Bonchev–Trinajstić information content (AvgIpc) is 2.08. The molecule has 1 aromatic rings. The Hall–Kier alpha value is -0.860. The highest BCUT2D eigenvalue weighted by atomic mass is 16.3. The van der Waals surface area contributed by atoms with Gasteiger partial charge in [-0.2, -0.15) is 0 Å². The highest BCUT2D eigenvalue weighted by molar-refractivity contribution is 5.31. The number of aliphatic hydroxyl groups excluding tert-OH is 1. The van der Waals surface area contributed by atoms with E-state index < -0.39 is 0 Å². The largest absolute Gasteiger partial charge is 0.387 e. The minimum atomic E-state index is -0.385. The monoisotopic (exact) mass is 193 g/mol. The molecule has 0 heterocycles. The summed E-state index contributed by atoms with van der Waals surface area (Å²) in [6, 6.07) is 6.11. The lowest BCUT2D eigenvalue weighted by Crippen LogP contribution is -2.20. The lowest BCUT2D eigenvalue weighted by atomic mass is 10.0. The van der Waals surface area contributed by atoms with Crippen molar-refractivity contribution in [3.8, 4) is 0 Å². The molecule has 1 atom stereocenters. The number of rotatable bonds is 3. The summed E-state index contributed by atoms with van der Waals surface area (Å²) in [4.78, 5) is 1.99. The second-order valence-electron chi connectivity index (χ2n) is 4.12. The van der Waals surface area contributed by atoms with Gasteiger partial charge in [-0.25, -0.2) is 0 Å². The van der Waals surface area contributed by atoms with Gasteiger partial charge < -0.3 is 10.0 Å². The van der Waals surface area contributed by atoms with Gasteiger partial charge in [0.2, 0.25) is 0 Å². The van der Waals surface area contributed by atoms with Crippen molar-refractivity contribution < 1.29 is 5.11 Å². The topological polar surface area (TPSA) is 23.5 Å². The van der Waals surface area contributed by atoms with Crippen LogP contribution in [0.15, 0.2) is 18.2 Å². The summed E-state index contributed by atoms with van der Waals surface area (Å²) in [5.41, 5.74) is 3.51. The second kappa shape index (κ2) is 4.58. The molecule has 0 saturated heterocycles. The van der Waals surface area contributed by atoms with Crippen LogP contribution >= 0.6 is 0 Å². The van der Waals surface area contributed by atoms with Crippen molar-refractivity contribution in [1.29, 1.82) is 0 Å². The van der Waals surface area contributed by atoms with E-state index in [4.69, 9.17) is 0 Å². The fourth-order valence-electron chi connectivity index (χ4n) is 1.42. The third-order valence-electron chi connectivity index (χ3n) is 2.45. The van der Waals surface area contributed by atoms with Crippen LogP contribution in [-0.2, 0) is 0 Å². The summed E-state index contributed by atoms with van der Waals surface area (Å²) in [7, 11) is 3.93. The Morgan fingerprint density at radius 2 is 1.86 bits per heavy atom. The number of aliphatic hydroxyl groups is 1. The Morgan fingerprint density at radius 3 is 2.36 bits per heavy atom. The summed E-state index contributed by atoms with van der Waals surface area (Å²) in [5, 5.41) is 9.86. The quantitative estimate of drug-likeness (QED) is 0.792. The number of aryl methyl sites for hydroxylation is 2. The smallest absolute Gasteiger partial charge is 0.0916 e. The van der Waals surface area contributed by atoms with Gasteiger partial charge in [-0.15, -0.1) is 0 Å².